The van der Waals surface area contributed by atoms with E-state index >= 15 is 0 Å². The van der Waals surface area contributed by atoms with Crippen LogP contribution in [0.3, 0.4) is 0 Å². The van der Waals surface area contributed by atoms with Crippen molar-refractivity contribution in [3.8, 4) is 11.3 Å². The van der Waals surface area contributed by atoms with E-state index in [4.69, 9.17) is 4.74 Å². The summed E-state index contributed by atoms with van der Waals surface area (Å²) in [7, 11) is 0. The zero-order valence-electron chi connectivity index (χ0n) is 12.2. The smallest absolute Gasteiger partial charge is 0.0933 e. The summed E-state index contributed by atoms with van der Waals surface area (Å²) in [4.78, 5) is 4.48. The Kier molecular flexibility index (Phi) is 5.56. The molecule has 0 aliphatic rings. The summed E-state index contributed by atoms with van der Waals surface area (Å²) < 4.78 is 5.54. The molecule has 3 heteroatoms. The van der Waals surface area contributed by atoms with Crippen LogP contribution < -0.4 is 5.32 Å². The zero-order chi connectivity index (χ0) is 14.2. The van der Waals surface area contributed by atoms with Gasteiger partial charge in [0.2, 0.25) is 0 Å². The largest absolute Gasteiger partial charge is 0.383 e. The molecule has 0 spiro atoms. The quantitative estimate of drug-likeness (QED) is 0.773. The van der Waals surface area contributed by atoms with Gasteiger partial charge in [-0.2, -0.15) is 0 Å². The lowest BCUT2D eigenvalue weighted by Crippen LogP contribution is -2.10. The van der Waals surface area contributed by atoms with Gasteiger partial charge in [0.05, 0.1) is 17.5 Å². The van der Waals surface area contributed by atoms with Gasteiger partial charge in [-0.3, -0.25) is 4.98 Å². The van der Waals surface area contributed by atoms with Crippen LogP contribution in [0.2, 0.25) is 0 Å². The molecule has 0 fully saturated rings. The van der Waals surface area contributed by atoms with Crippen molar-refractivity contribution >= 4 is 5.69 Å². The number of hydrogen-bond donors (Lipinski definition) is 1. The van der Waals surface area contributed by atoms with Crippen LogP contribution in [0.5, 0.6) is 0 Å². The Balaban J connectivity index is 1.95. The van der Waals surface area contributed by atoms with Gasteiger partial charge in [0.25, 0.3) is 0 Å². The fourth-order valence-electron chi connectivity index (χ4n) is 1.99. The first-order chi connectivity index (χ1) is 9.77. The van der Waals surface area contributed by atoms with Gasteiger partial charge in [-0.25, -0.2) is 0 Å². The molecule has 2 rings (SSSR count). The first-order valence-corrected chi connectivity index (χ1v) is 7.13. The SMILES string of the molecule is CC(C)OCCCNc1cccnc1-c1ccccc1. The van der Waals surface area contributed by atoms with Gasteiger partial charge in [-0.05, 0) is 32.4 Å². The first kappa shape index (κ1) is 14.5. The van der Waals surface area contributed by atoms with E-state index in [9.17, 15) is 0 Å². The maximum absolute atomic E-state index is 5.54. The van der Waals surface area contributed by atoms with Crippen LogP contribution in [0.4, 0.5) is 5.69 Å². The third-order valence-corrected chi connectivity index (χ3v) is 2.94. The number of nitrogens with one attached hydrogen (secondary N) is 1. The van der Waals surface area contributed by atoms with Gasteiger partial charge < -0.3 is 10.1 Å². The Hall–Kier alpha value is -1.87. The standard InChI is InChI=1S/C17H22N2O/c1-14(2)20-13-7-12-18-16-10-6-11-19-17(16)15-8-4-3-5-9-15/h3-6,8-11,14,18H,7,12-13H2,1-2H3. The normalized spacial score (nSPS) is 10.8. The molecule has 0 saturated heterocycles. The minimum atomic E-state index is 0.299. The fraction of sp³-hybridized carbons (Fsp3) is 0.353. The second-order valence-corrected chi connectivity index (χ2v) is 4.97. The molecule has 0 atom stereocenters. The summed E-state index contributed by atoms with van der Waals surface area (Å²) in [5.41, 5.74) is 3.20. The first-order valence-electron chi connectivity index (χ1n) is 7.13. The molecule has 106 valence electrons. The summed E-state index contributed by atoms with van der Waals surface area (Å²) in [6, 6.07) is 14.3. The van der Waals surface area contributed by atoms with Crippen LogP contribution in [-0.2, 0) is 4.74 Å². The van der Waals surface area contributed by atoms with Gasteiger partial charge in [0.1, 0.15) is 0 Å². The van der Waals surface area contributed by atoms with E-state index in [1.54, 1.807) is 0 Å². The van der Waals surface area contributed by atoms with Crippen molar-refractivity contribution in [2.24, 2.45) is 0 Å². The van der Waals surface area contributed by atoms with E-state index in [1.807, 2.05) is 30.5 Å². The lowest BCUT2D eigenvalue weighted by Gasteiger charge is -2.12. The van der Waals surface area contributed by atoms with Gasteiger partial charge >= 0.3 is 0 Å². The summed E-state index contributed by atoms with van der Waals surface area (Å²) in [6.45, 7) is 5.79. The Morgan fingerprint density at radius 3 is 2.65 bits per heavy atom. The highest BCUT2D eigenvalue weighted by molar-refractivity contribution is 5.73. The summed E-state index contributed by atoms with van der Waals surface area (Å²) in [5, 5.41) is 3.44. The third-order valence-electron chi connectivity index (χ3n) is 2.94. The number of rotatable bonds is 7. The van der Waals surface area contributed by atoms with Crippen molar-refractivity contribution in [1.29, 1.82) is 0 Å². The zero-order valence-corrected chi connectivity index (χ0v) is 12.2. The molecular formula is C17H22N2O. The van der Waals surface area contributed by atoms with E-state index in [0.717, 1.165) is 36.5 Å². The van der Waals surface area contributed by atoms with Crippen LogP contribution in [0, 0.1) is 0 Å². The second kappa shape index (κ2) is 7.65. The number of pyridine rings is 1. The number of aromatic nitrogens is 1. The average molecular weight is 270 g/mol. The molecule has 1 aromatic heterocycles. The number of benzene rings is 1. The number of nitrogens with zero attached hydrogens (tertiary/aromatic N) is 1. The Morgan fingerprint density at radius 1 is 1.10 bits per heavy atom. The van der Waals surface area contributed by atoms with Crippen LogP contribution in [-0.4, -0.2) is 24.2 Å². The van der Waals surface area contributed by atoms with Gasteiger partial charge in [-0.15, -0.1) is 0 Å². The van der Waals surface area contributed by atoms with E-state index in [0.29, 0.717) is 6.10 Å². The Labute approximate surface area is 121 Å². The van der Waals surface area contributed by atoms with Crippen LogP contribution in [0.15, 0.2) is 48.7 Å². The summed E-state index contributed by atoms with van der Waals surface area (Å²) in [5.74, 6) is 0. The van der Waals surface area contributed by atoms with Crippen molar-refractivity contribution in [2.45, 2.75) is 26.4 Å². The molecule has 0 unspecified atom stereocenters. The molecule has 3 nitrogen and oxygen atoms in total. The molecule has 20 heavy (non-hydrogen) atoms. The topological polar surface area (TPSA) is 34.1 Å². The summed E-state index contributed by atoms with van der Waals surface area (Å²) in [6.07, 6.45) is 3.12. The Bertz CT molecular complexity index is 511. The van der Waals surface area contributed by atoms with Gasteiger partial charge in [0.15, 0.2) is 0 Å². The molecule has 2 aromatic rings. The molecule has 0 aliphatic heterocycles. The van der Waals surface area contributed by atoms with Gasteiger partial charge in [0, 0.05) is 24.9 Å². The van der Waals surface area contributed by atoms with Crippen LogP contribution in [0.1, 0.15) is 20.3 Å². The second-order valence-electron chi connectivity index (χ2n) is 4.97. The highest BCUT2D eigenvalue weighted by Crippen LogP contribution is 2.24. The third kappa shape index (κ3) is 4.35. The lowest BCUT2D eigenvalue weighted by molar-refractivity contribution is 0.0787. The molecule has 1 heterocycles. The minimum Gasteiger partial charge on any atom is -0.383 e. The molecule has 0 amide bonds. The maximum atomic E-state index is 5.54. The molecule has 0 aliphatic carbocycles. The van der Waals surface area contributed by atoms with Crippen LogP contribution >= 0.6 is 0 Å². The summed E-state index contributed by atoms with van der Waals surface area (Å²) >= 11 is 0. The van der Waals surface area contributed by atoms with Crippen molar-refractivity contribution in [3.63, 3.8) is 0 Å². The number of hydrogen-bond acceptors (Lipinski definition) is 3. The molecule has 0 saturated carbocycles. The van der Waals surface area contributed by atoms with Crippen molar-refractivity contribution in [3.05, 3.63) is 48.7 Å². The highest BCUT2D eigenvalue weighted by Gasteiger charge is 2.04. The van der Waals surface area contributed by atoms with E-state index in [2.05, 4.69) is 42.3 Å². The number of ether oxygens (including phenoxy) is 1. The number of anilines is 1. The van der Waals surface area contributed by atoms with Crippen molar-refractivity contribution < 1.29 is 4.74 Å². The minimum absolute atomic E-state index is 0.299. The predicted molar refractivity (Wildman–Crippen MR) is 83.9 cm³/mol. The molecular weight excluding hydrogens is 248 g/mol. The monoisotopic (exact) mass is 270 g/mol. The van der Waals surface area contributed by atoms with Crippen molar-refractivity contribution in [1.82, 2.24) is 4.98 Å². The molecule has 0 radical (unpaired) electrons. The van der Waals surface area contributed by atoms with E-state index in [1.165, 1.54) is 0 Å². The average Bonchev–Trinajstić information content (AvgIpc) is 2.48. The van der Waals surface area contributed by atoms with E-state index in [-0.39, 0.29) is 0 Å². The molecule has 1 N–H and O–H groups in total. The van der Waals surface area contributed by atoms with Crippen molar-refractivity contribution in [2.75, 3.05) is 18.5 Å². The maximum Gasteiger partial charge on any atom is 0.0933 e. The van der Waals surface area contributed by atoms with Crippen LogP contribution in [0.25, 0.3) is 11.3 Å². The molecule has 1 aromatic carbocycles. The Morgan fingerprint density at radius 2 is 1.90 bits per heavy atom. The van der Waals surface area contributed by atoms with E-state index < -0.39 is 0 Å². The predicted octanol–water partition coefficient (Wildman–Crippen LogP) is 3.98. The lowest BCUT2D eigenvalue weighted by atomic mass is 10.1. The van der Waals surface area contributed by atoms with Gasteiger partial charge in [-0.1, -0.05) is 30.3 Å². The molecule has 0 bridgehead atoms. The highest BCUT2D eigenvalue weighted by atomic mass is 16.5. The fourth-order valence-corrected chi connectivity index (χ4v) is 1.99.